The fourth-order valence-electron chi connectivity index (χ4n) is 6.60. The molecule has 29 heavy (non-hydrogen) atoms. The molecule has 1 aliphatic carbocycles. The number of nitrogens with zero attached hydrogens (tertiary/aromatic N) is 2. The molecule has 1 aromatic carbocycles. The van der Waals surface area contributed by atoms with Crippen LogP contribution in [0.3, 0.4) is 0 Å². The Bertz CT molecular complexity index is 1020. The Labute approximate surface area is 170 Å². The van der Waals surface area contributed by atoms with E-state index in [1.165, 1.54) is 12.7 Å². The lowest BCUT2D eigenvalue weighted by atomic mass is 9.54. The van der Waals surface area contributed by atoms with Crippen molar-refractivity contribution in [3.8, 4) is 11.8 Å². The highest BCUT2D eigenvalue weighted by Crippen LogP contribution is 2.57. The minimum Gasteiger partial charge on any atom is -0.497 e. The van der Waals surface area contributed by atoms with E-state index in [-0.39, 0.29) is 24.0 Å². The minimum absolute atomic E-state index is 0.00851. The van der Waals surface area contributed by atoms with Gasteiger partial charge in [0.25, 0.3) is 0 Å². The van der Waals surface area contributed by atoms with Crippen molar-refractivity contribution < 1.29 is 14.3 Å². The van der Waals surface area contributed by atoms with E-state index in [0.29, 0.717) is 12.3 Å². The quantitative estimate of drug-likeness (QED) is 0.811. The van der Waals surface area contributed by atoms with Gasteiger partial charge in [0.15, 0.2) is 0 Å². The monoisotopic (exact) mass is 393 g/mol. The van der Waals surface area contributed by atoms with Gasteiger partial charge in [-0.1, -0.05) is 13.3 Å². The predicted octanol–water partition coefficient (Wildman–Crippen LogP) is 3.16. The number of aromatic amines is 1. The van der Waals surface area contributed by atoms with E-state index >= 15 is 0 Å². The first-order chi connectivity index (χ1) is 14.1. The van der Waals surface area contributed by atoms with Gasteiger partial charge in [-0.05, 0) is 48.8 Å². The summed E-state index contributed by atoms with van der Waals surface area (Å²) in [5.74, 6) is 1.18. The van der Waals surface area contributed by atoms with Crippen molar-refractivity contribution in [3.05, 3.63) is 29.5 Å². The van der Waals surface area contributed by atoms with E-state index in [1.807, 2.05) is 12.1 Å². The minimum atomic E-state index is -0.746. The van der Waals surface area contributed by atoms with Crippen LogP contribution in [0.25, 0.3) is 10.9 Å². The van der Waals surface area contributed by atoms with Crippen molar-refractivity contribution >= 4 is 16.9 Å². The maximum absolute atomic E-state index is 13.5. The normalized spacial score (nSPS) is 34.9. The Balaban J connectivity index is 1.79. The number of aromatic nitrogens is 1. The van der Waals surface area contributed by atoms with Crippen LogP contribution in [0.1, 0.15) is 37.4 Å². The number of hydrogen-bond acceptors (Lipinski definition) is 5. The number of benzene rings is 1. The number of nitriles is 1. The lowest BCUT2D eigenvalue weighted by Crippen LogP contribution is -2.70. The van der Waals surface area contributed by atoms with Gasteiger partial charge in [0, 0.05) is 35.2 Å². The SMILES string of the molecule is CC[C@H]1C[C@H]2C[C@@]3(C(=O)OC)c4[nH]c5cc(OC)ccc5c4CCN(C2C#N)[C@@H]13. The van der Waals surface area contributed by atoms with Crippen molar-refractivity contribution in [2.75, 3.05) is 20.8 Å². The second-order valence-corrected chi connectivity index (χ2v) is 8.73. The molecule has 4 heterocycles. The highest BCUT2D eigenvalue weighted by Gasteiger charge is 2.65. The van der Waals surface area contributed by atoms with Gasteiger partial charge in [-0.15, -0.1) is 0 Å². The Morgan fingerprint density at radius 1 is 1.41 bits per heavy atom. The Morgan fingerprint density at radius 3 is 2.93 bits per heavy atom. The molecule has 2 unspecified atom stereocenters. The van der Waals surface area contributed by atoms with E-state index in [2.05, 4.69) is 28.9 Å². The molecule has 1 aromatic heterocycles. The molecule has 2 aromatic rings. The number of nitrogens with one attached hydrogen (secondary N) is 1. The summed E-state index contributed by atoms with van der Waals surface area (Å²) in [5, 5.41) is 11.1. The van der Waals surface area contributed by atoms with Gasteiger partial charge in [-0.3, -0.25) is 9.69 Å². The predicted molar refractivity (Wildman–Crippen MR) is 109 cm³/mol. The topological polar surface area (TPSA) is 78.4 Å². The van der Waals surface area contributed by atoms with Gasteiger partial charge in [0.05, 0.1) is 20.3 Å². The lowest BCUT2D eigenvalue weighted by molar-refractivity contribution is -0.165. The van der Waals surface area contributed by atoms with E-state index in [1.54, 1.807) is 7.11 Å². The summed E-state index contributed by atoms with van der Waals surface area (Å²) in [6.45, 7) is 2.99. The molecule has 152 valence electrons. The summed E-state index contributed by atoms with van der Waals surface area (Å²) >= 11 is 0. The van der Waals surface area contributed by atoms with Crippen LogP contribution in [0, 0.1) is 23.2 Å². The molecule has 1 saturated carbocycles. The Kier molecular flexibility index (Phi) is 4.15. The average molecular weight is 393 g/mol. The summed E-state index contributed by atoms with van der Waals surface area (Å²) in [4.78, 5) is 19.4. The lowest BCUT2D eigenvalue weighted by Gasteiger charge is -2.59. The molecule has 3 fully saturated rings. The second kappa shape index (κ2) is 6.50. The van der Waals surface area contributed by atoms with Crippen molar-refractivity contribution in [1.29, 1.82) is 5.26 Å². The summed E-state index contributed by atoms with van der Waals surface area (Å²) in [5.41, 5.74) is 2.44. The van der Waals surface area contributed by atoms with Crippen LogP contribution in [-0.4, -0.2) is 48.7 Å². The fourth-order valence-corrected chi connectivity index (χ4v) is 6.60. The largest absolute Gasteiger partial charge is 0.497 e. The van der Waals surface area contributed by atoms with Gasteiger partial charge >= 0.3 is 5.97 Å². The molecule has 6 rings (SSSR count). The number of methoxy groups -OCH3 is 2. The van der Waals surface area contributed by atoms with Crippen LogP contribution in [-0.2, 0) is 21.4 Å². The number of H-pyrrole nitrogens is 1. The van der Waals surface area contributed by atoms with Crippen LogP contribution in [0.15, 0.2) is 18.2 Å². The van der Waals surface area contributed by atoms with Crippen LogP contribution in [0.2, 0.25) is 0 Å². The molecule has 6 atom stereocenters. The third-order valence-electron chi connectivity index (χ3n) is 7.69. The van der Waals surface area contributed by atoms with Crippen LogP contribution < -0.4 is 4.74 Å². The number of carbonyl (C=O) groups excluding carboxylic acids is 1. The number of hydrogen-bond donors (Lipinski definition) is 1. The second-order valence-electron chi connectivity index (χ2n) is 8.73. The first-order valence-electron chi connectivity index (χ1n) is 10.5. The molecule has 2 saturated heterocycles. The van der Waals surface area contributed by atoms with Crippen LogP contribution in [0.5, 0.6) is 5.75 Å². The van der Waals surface area contributed by atoms with E-state index in [9.17, 15) is 10.1 Å². The van der Waals surface area contributed by atoms with Gasteiger partial charge < -0.3 is 14.5 Å². The first kappa shape index (κ1) is 18.5. The van der Waals surface area contributed by atoms with Gasteiger partial charge in [0.1, 0.15) is 17.2 Å². The number of esters is 1. The standard InChI is InChI=1S/C23H27N3O3/c1-4-13-9-14-11-23(22(27)29-3)20-17(7-8-26(21(13)23)19(14)12-24)16-6-5-15(28-2)10-18(16)25-20/h5-6,10,13-14,19,21,25H,4,7-9,11H2,1-3H3/t13-,14-,19?,21-,23+/m0/s1. The van der Waals surface area contributed by atoms with Crippen LogP contribution in [0.4, 0.5) is 0 Å². The number of piperidine rings is 2. The summed E-state index contributed by atoms with van der Waals surface area (Å²) in [6.07, 6.45) is 3.50. The number of carbonyl (C=O) groups is 1. The van der Waals surface area contributed by atoms with E-state index in [4.69, 9.17) is 9.47 Å². The van der Waals surface area contributed by atoms with Crippen molar-refractivity contribution in [3.63, 3.8) is 0 Å². The Hall–Kier alpha value is -2.52. The van der Waals surface area contributed by atoms with Crippen LogP contribution >= 0.6 is 0 Å². The molecule has 4 aliphatic rings. The molecular weight excluding hydrogens is 366 g/mol. The molecule has 0 radical (unpaired) electrons. The first-order valence-corrected chi connectivity index (χ1v) is 10.5. The molecule has 3 aliphatic heterocycles. The summed E-state index contributed by atoms with van der Waals surface area (Å²) in [6, 6.07) is 8.49. The highest BCUT2D eigenvalue weighted by molar-refractivity contribution is 5.92. The average Bonchev–Trinajstić information content (AvgIpc) is 3.08. The van der Waals surface area contributed by atoms with E-state index < -0.39 is 5.41 Å². The summed E-state index contributed by atoms with van der Waals surface area (Å²) in [7, 11) is 3.15. The molecule has 0 spiro atoms. The number of ether oxygens (including phenoxy) is 2. The van der Waals surface area contributed by atoms with Crippen molar-refractivity contribution in [1.82, 2.24) is 9.88 Å². The van der Waals surface area contributed by atoms with Crippen molar-refractivity contribution in [2.24, 2.45) is 11.8 Å². The number of rotatable bonds is 3. The number of fused-ring (bicyclic) bond motifs is 4. The molecule has 0 amide bonds. The Morgan fingerprint density at radius 2 is 2.24 bits per heavy atom. The zero-order valence-corrected chi connectivity index (χ0v) is 17.2. The van der Waals surface area contributed by atoms with Gasteiger partial charge in [-0.25, -0.2) is 0 Å². The van der Waals surface area contributed by atoms with Gasteiger partial charge in [0.2, 0.25) is 0 Å². The highest BCUT2D eigenvalue weighted by atomic mass is 16.5. The molecule has 1 N–H and O–H groups in total. The zero-order valence-electron chi connectivity index (χ0n) is 17.2. The molecule has 6 nitrogen and oxygen atoms in total. The maximum atomic E-state index is 13.5. The third kappa shape index (κ3) is 2.28. The third-order valence-corrected chi connectivity index (χ3v) is 7.69. The van der Waals surface area contributed by atoms with E-state index in [0.717, 1.165) is 48.2 Å². The smallest absolute Gasteiger partial charge is 0.319 e. The summed E-state index contributed by atoms with van der Waals surface area (Å²) < 4.78 is 10.9. The molecular formula is C23H27N3O3. The zero-order chi connectivity index (χ0) is 20.3. The maximum Gasteiger partial charge on any atom is 0.319 e. The molecule has 4 bridgehead atoms. The fraction of sp³-hybridized carbons (Fsp3) is 0.565. The van der Waals surface area contributed by atoms with Crippen molar-refractivity contribution in [2.45, 2.75) is 50.1 Å². The van der Waals surface area contributed by atoms with Gasteiger partial charge in [-0.2, -0.15) is 5.26 Å². The molecule has 6 heteroatoms.